The number of benzene rings is 1. The van der Waals surface area contributed by atoms with Crippen LogP contribution < -0.4 is 5.46 Å². The molecule has 0 unspecified atom stereocenters. The zero-order valence-corrected chi connectivity index (χ0v) is 18.0. The zero-order valence-electron chi connectivity index (χ0n) is 17.2. The Labute approximate surface area is 172 Å². The highest BCUT2D eigenvalue weighted by Gasteiger charge is 2.51. The Morgan fingerprint density at radius 3 is 2.43 bits per heavy atom. The third-order valence-electron chi connectivity index (χ3n) is 6.20. The van der Waals surface area contributed by atoms with Gasteiger partial charge in [0, 0.05) is 31.6 Å². The smallest absolute Gasteiger partial charge is 0.399 e. The van der Waals surface area contributed by atoms with Crippen molar-refractivity contribution in [1.29, 1.82) is 0 Å². The number of rotatable bonds is 5. The van der Waals surface area contributed by atoms with Crippen molar-refractivity contribution >= 4 is 35.1 Å². The van der Waals surface area contributed by atoms with Gasteiger partial charge in [-0.15, -0.1) is 0 Å². The predicted molar refractivity (Wildman–Crippen MR) is 112 cm³/mol. The summed E-state index contributed by atoms with van der Waals surface area (Å²) in [7, 11) is -0.384. The van der Waals surface area contributed by atoms with Crippen LogP contribution in [0.25, 0.3) is 10.9 Å². The van der Waals surface area contributed by atoms with Crippen molar-refractivity contribution in [3.05, 3.63) is 23.4 Å². The number of hydrogen-bond acceptors (Lipinski definition) is 5. The van der Waals surface area contributed by atoms with Crippen LogP contribution in [0.1, 0.15) is 34.1 Å². The van der Waals surface area contributed by atoms with Crippen molar-refractivity contribution in [2.45, 2.75) is 51.9 Å². The first kappa shape index (κ1) is 20.2. The first-order chi connectivity index (χ1) is 13.3. The van der Waals surface area contributed by atoms with E-state index in [0.29, 0.717) is 5.15 Å². The zero-order chi connectivity index (χ0) is 19.9. The van der Waals surface area contributed by atoms with Gasteiger partial charge in [-0.2, -0.15) is 5.10 Å². The fraction of sp³-hybridized carbons (Fsp3) is 0.650. The summed E-state index contributed by atoms with van der Waals surface area (Å²) in [5.41, 5.74) is 1.31. The second-order valence-electron chi connectivity index (χ2n) is 8.69. The summed E-state index contributed by atoms with van der Waals surface area (Å²) in [5.74, 6) is 0. The van der Waals surface area contributed by atoms with Gasteiger partial charge in [-0.05, 0) is 51.7 Å². The number of aromatic nitrogens is 2. The lowest BCUT2D eigenvalue weighted by atomic mass is 9.79. The lowest BCUT2D eigenvalue weighted by Crippen LogP contribution is -2.41. The molecule has 8 heteroatoms. The second-order valence-corrected chi connectivity index (χ2v) is 9.04. The summed E-state index contributed by atoms with van der Waals surface area (Å²) < 4.78 is 19.8. The van der Waals surface area contributed by atoms with E-state index in [9.17, 15) is 0 Å². The SMILES string of the molecule is CC1(C)OB(c2ccc3c(Cl)nn(CCCN4CCOCC4)c3c2)OC1(C)C. The fourth-order valence-corrected chi connectivity index (χ4v) is 3.97. The molecular weight excluding hydrogens is 377 g/mol. The molecule has 1 aromatic heterocycles. The van der Waals surface area contributed by atoms with Crippen LogP contribution >= 0.6 is 11.6 Å². The van der Waals surface area contributed by atoms with Crippen LogP contribution in [0.5, 0.6) is 0 Å². The Kier molecular flexibility index (Phi) is 5.48. The van der Waals surface area contributed by atoms with Crippen molar-refractivity contribution in [1.82, 2.24) is 14.7 Å². The normalized spacial score (nSPS) is 22.2. The van der Waals surface area contributed by atoms with E-state index in [-0.39, 0.29) is 18.3 Å². The molecule has 0 amide bonds. The third kappa shape index (κ3) is 3.83. The van der Waals surface area contributed by atoms with Gasteiger partial charge in [0.25, 0.3) is 0 Å². The molecule has 0 radical (unpaired) electrons. The topological polar surface area (TPSA) is 48.8 Å². The summed E-state index contributed by atoms with van der Waals surface area (Å²) >= 11 is 6.39. The van der Waals surface area contributed by atoms with Gasteiger partial charge in [-0.1, -0.05) is 17.7 Å². The van der Waals surface area contributed by atoms with Crippen LogP contribution in [0.4, 0.5) is 0 Å². The van der Waals surface area contributed by atoms with Gasteiger partial charge in [-0.25, -0.2) is 0 Å². The molecule has 4 rings (SSSR count). The maximum atomic E-state index is 6.39. The average molecular weight is 406 g/mol. The molecular formula is C20H29BClN3O3. The summed E-state index contributed by atoms with van der Waals surface area (Å²) in [4.78, 5) is 2.44. The molecule has 1 aromatic carbocycles. The van der Waals surface area contributed by atoms with E-state index in [1.165, 1.54) is 0 Å². The summed E-state index contributed by atoms with van der Waals surface area (Å²) in [6, 6.07) is 6.14. The van der Waals surface area contributed by atoms with Gasteiger partial charge in [-0.3, -0.25) is 9.58 Å². The second kappa shape index (κ2) is 7.61. The van der Waals surface area contributed by atoms with Gasteiger partial charge in [0.15, 0.2) is 5.15 Å². The Balaban J connectivity index is 1.51. The van der Waals surface area contributed by atoms with Gasteiger partial charge in [0.2, 0.25) is 0 Å². The van der Waals surface area contributed by atoms with Gasteiger partial charge in [0.1, 0.15) is 0 Å². The largest absolute Gasteiger partial charge is 0.494 e. The number of morpholine rings is 1. The van der Waals surface area contributed by atoms with Crippen LogP contribution in [-0.4, -0.2) is 65.8 Å². The van der Waals surface area contributed by atoms with E-state index >= 15 is 0 Å². The molecule has 152 valence electrons. The molecule has 0 aliphatic carbocycles. The number of fused-ring (bicyclic) bond motifs is 1. The number of aryl methyl sites for hydroxylation is 1. The molecule has 2 aliphatic rings. The van der Waals surface area contributed by atoms with Gasteiger partial charge < -0.3 is 14.0 Å². The van der Waals surface area contributed by atoms with E-state index in [4.69, 9.17) is 25.6 Å². The lowest BCUT2D eigenvalue weighted by molar-refractivity contribution is 0.00578. The van der Waals surface area contributed by atoms with Crippen LogP contribution in [0.15, 0.2) is 18.2 Å². The highest BCUT2D eigenvalue weighted by atomic mass is 35.5. The van der Waals surface area contributed by atoms with Crippen LogP contribution in [0.3, 0.4) is 0 Å². The molecule has 0 N–H and O–H groups in total. The van der Waals surface area contributed by atoms with Crippen molar-refractivity contribution in [3.8, 4) is 0 Å². The molecule has 0 saturated carbocycles. The highest BCUT2D eigenvalue weighted by Crippen LogP contribution is 2.36. The molecule has 28 heavy (non-hydrogen) atoms. The number of hydrogen-bond donors (Lipinski definition) is 0. The number of ether oxygens (including phenoxy) is 1. The Morgan fingerprint density at radius 2 is 1.75 bits per heavy atom. The summed E-state index contributed by atoms with van der Waals surface area (Å²) in [6.45, 7) is 13.8. The van der Waals surface area contributed by atoms with E-state index in [1.807, 2.05) is 16.8 Å². The molecule has 2 aliphatic heterocycles. The van der Waals surface area contributed by atoms with Crippen molar-refractivity contribution < 1.29 is 14.0 Å². The minimum atomic E-state index is -0.384. The van der Waals surface area contributed by atoms with E-state index < -0.39 is 0 Å². The standard InChI is InChI=1S/C20H29BClN3O3/c1-19(2)20(3,4)28-21(27-19)15-6-7-16-17(14-15)25(23-18(16)22)9-5-8-24-10-12-26-13-11-24/h6-7,14H,5,8-13H2,1-4H3. The molecule has 0 atom stereocenters. The Hall–Kier alpha value is -1.12. The summed E-state index contributed by atoms with van der Waals surface area (Å²) in [6.07, 6.45) is 1.02. The van der Waals surface area contributed by atoms with Crippen LogP contribution in [0.2, 0.25) is 5.15 Å². The average Bonchev–Trinajstić information content (AvgIpc) is 3.08. The maximum Gasteiger partial charge on any atom is 0.494 e. The highest BCUT2D eigenvalue weighted by molar-refractivity contribution is 6.62. The maximum absolute atomic E-state index is 6.39. The Morgan fingerprint density at radius 1 is 1.07 bits per heavy atom. The van der Waals surface area contributed by atoms with E-state index in [1.54, 1.807) is 0 Å². The molecule has 2 aromatic rings. The molecule has 0 bridgehead atoms. The molecule has 2 saturated heterocycles. The van der Waals surface area contributed by atoms with E-state index in [2.05, 4.69) is 43.8 Å². The fourth-order valence-electron chi connectivity index (χ4n) is 3.72. The number of halogens is 1. The van der Waals surface area contributed by atoms with Crippen LogP contribution in [0, 0.1) is 0 Å². The van der Waals surface area contributed by atoms with Gasteiger partial charge >= 0.3 is 7.12 Å². The molecule has 2 fully saturated rings. The first-order valence-electron chi connectivity index (χ1n) is 10.1. The van der Waals surface area contributed by atoms with Crippen LogP contribution in [-0.2, 0) is 20.6 Å². The predicted octanol–water partition coefficient (Wildman–Crippen LogP) is 2.71. The number of nitrogens with zero attached hydrogens (tertiary/aromatic N) is 3. The van der Waals surface area contributed by atoms with Gasteiger partial charge in [0.05, 0.1) is 29.9 Å². The van der Waals surface area contributed by atoms with E-state index in [0.717, 1.165) is 62.2 Å². The minimum Gasteiger partial charge on any atom is -0.399 e. The monoisotopic (exact) mass is 405 g/mol. The third-order valence-corrected chi connectivity index (χ3v) is 6.48. The Bertz CT molecular complexity index is 833. The lowest BCUT2D eigenvalue weighted by Gasteiger charge is -2.32. The van der Waals surface area contributed by atoms with Crippen molar-refractivity contribution in [3.63, 3.8) is 0 Å². The quantitative estimate of drug-likeness (QED) is 0.716. The summed E-state index contributed by atoms with van der Waals surface area (Å²) in [5, 5.41) is 6.06. The molecule has 3 heterocycles. The molecule has 6 nitrogen and oxygen atoms in total. The first-order valence-corrected chi connectivity index (χ1v) is 10.5. The molecule has 0 spiro atoms. The van der Waals surface area contributed by atoms with Crippen molar-refractivity contribution in [2.75, 3.05) is 32.8 Å². The van der Waals surface area contributed by atoms with Crippen molar-refractivity contribution in [2.24, 2.45) is 0 Å². The minimum absolute atomic E-state index is 0.358.